The molecule has 0 aliphatic carbocycles. The van der Waals surface area contributed by atoms with Crippen LogP contribution in [-0.4, -0.2) is 48.6 Å². The first-order chi connectivity index (χ1) is 11.8. The number of aromatic nitrogens is 4. The predicted molar refractivity (Wildman–Crippen MR) is 94.7 cm³/mol. The summed E-state index contributed by atoms with van der Waals surface area (Å²) >= 11 is 0. The summed E-state index contributed by atoms with van der Waals surface area (Å²) < 4.78 is 13.1. The second-order valence-corrected chi connectivity index (χ2v) is 7.30. The Labute approximate surface area is 142 Å². The van der Waals surface area contributed by atoms with Gasteiger partial charge in [-0.15, -0.1) is 0 Å². The minimum Gasteiger partial charge on any atom is -0.370 e. The normalized spacial score (nSPS) is 15.6. The summed E-state index contributed by atoms with van der Waals surface area (Å²) in [4.78, 5) is 10.7. The minimum absolute atomic E-state index is 0.557. The number of nitrogens with zero attached hydrogens (tertiary/aromatic N) is 5. The fraction of sp³-hybridized carbons (Fsp3) is 0.235. The van der Waals surface area contributed by atoms with E-state index in [1.165, 1.54) is 5.69 Å². The number of hydrogen-bond acceptors (Lipinski definition) is 5. The van der Waals surface area contributed by atoms with Gasteiger partial charge in [-0.3, -0.25) is 4.21 Å². The lowest BCUT2D eigenvalue weighted by Crippen LogP contribution is -2.37. The van der Waals surface area contributed by atoms with Gasteiger partial charge in [0.05, 0.1) is 6.20 Å². The van der Waals surface area contributed by atoms with Gasteiger partial charge in [0.2, 0.25) is 5.95 Å². The van der Waals surface area contributed by atoms with E-state index in [0.717, 1.165) is 35.7 Å². The average molecular weight is 339 g/mol. The Morgan fingerprint density at radius 2 is 1.67 bits per heavy atom. The molecular formula is C17H17N5OS. The summed E-state index contributed by atoms with van der Waals surface area (Å²) in [6.07, 6.45) is 7.14. The molecule has 0 amide bonds. The molecule has 3 aromatic rings. The highest BCUT2D eigenvalue weighted by Crippen LogP contribution is 2.24. The van der Waals surface area contributed by atoms with Crippen LogP contribution >= 0.6 is 0 Å². The molecule has 1 aliphatic rings. The van der Waals surface area contributed by atoms with E-state index in [2.05, 4.69) is 44.2 Å². The third kappa shape index (κ3) is 3.07. The van der Waals surface area contributed by atoms with Crippen LogP contribution in [0.1, 0.15) is 0 Å². The van der Waals surface area contributed by atoms with Crippen molar-refractivity contribution in [1.82, 2.24) is 19.7 Å². The number of benzene rings is 1. The van der Waals surface area contributed by atoms with Crippen LogP contribution in [0, 0.1) is 0 Å². The Morgan fingerprint density at radius 3 is 2.38 bits per heavy atom. The Bertz CT molecular complexity index is 837. The Balaban J connectivity index is 1.53. The smallest absolute Gasteiger partial charge is 0.250 e. The number of hydrogen-bond donors (Lipinski definition) is 0. The van der Waals surface area contributed by atoms with Gasteiger partial charge >= 0.3 is 0 Å². The van der Waals surface area contributed by atoms with Crippen molar-refractivity contribution in [2.24, 2.45) is 0 Å². The molecular weight excluding hydrogens is 322 g/mol. The highest BCUT2D eigenvalue weighted by atomic mass is 32.2. The van der Waals surface area contributed by atoms with Gasteiger partial charge in [0.1, 0.15) is 0 Å². The van der Waals surface area contributed by atoms with Gasteiger partial charge in [-0.2, -0.15) is 5.10 Å². The van der Waals surface area contributed by atoms with Crippen LogP contribution in [0.2, 0.25) is 0 Å². The molecule has 0 radical (unpaired) electrons. The molecule has 0 atom stereocenters. The topological polar surface area (TPSA) is 63.9 Å². The second-order valence-electron chi connectivity index (χ2n) is 5.60. The zero-order chi connectivity index (χ0) is 16.4. The molecule has 1 saturated heterocycles. The maximum Gasteiger partial charge on any atom is 0.250 e. The SMILES string of the molecule is O=S1CCN(c2ccc(-c3cnn(-c4ncccn4)c3)cc2)CC1. The summed E-state index contributed by atoms with van der Waals surface area (Å²) in [5.74, 6) is 2.07. The Hall–Kier alpha value is -2.54. The molecule has 0 saturated carbocycles. The molecule has 3 heterocycles. The van der Waals surface area contributed by atoms with Crippen LogP contribution in [-0.2, 0) is 10.8 Å². The van der Waals surface area contributed by atoms with Crippen LogP contribution in [0.15, 0.2) is 55.1 Å². The highest BCUT2D eigenvalue weighted by molar-refractivity contribution is 7.85. The van der Waals surface area contributed by atoms with Crippen molar-refractivity contribution in [1.29, 1.82) is 0 Å². The average Bonchev–Trinajstić information content (AvgIpc) is 3.13. The lowest BCUT2D eigenvalue weighted by molar-refractivity contribution is 0.673. The van der Waals surface area contributed by atoms with Crippen LogP contribution in [0.4, 0.5) is 5.69 Å². The van der Waals surface area contributed by atoms with Crippen molar-refractivity contribution >= 4 is 16.5 Å². The summed E-state index contributed by atoms with van der Waals surface area (Å²) in [6, 6.07) is 10.2. The molecule has 24 heavy (non-hydrogen) atoms. The largest absolute Gasteiger partial charge is 0.370 e. The fourth-order valence-electron chi connectivity index (χ4n) is 2.75. The Morgan fingerprint density at radius 1 is 0.958 bits per heavy atom. The van der Waals surface area contributed by atoms with E-state index in [1.807, 2.05) is 12.4 Å². The molecule has 1 fully saturated rings. The zero-order valence-electron chi connectivity index (χ0n) is 13.1. The van der Waals surface area contributed by atoms with Crippen LogP contribution in [0.3, 0.4) is 0 Å². The molecule has 0 N–H and O–H groups in total. The number of rotatable bonds is 3. The van der Waals surface area contributed by atoms with E-state index in [0.29, 0.717) is 5.95 Å². The first-order valence-corrected chi connectivity index (χ1v) is 9.31. The van der Waals surface area contributed by atoms with Gasteiger partial charge in [0.25, 0.3) is 0 Å². The molecule has 2 aromatic heterocycles. The molecule has 6 nitrogen and oxygen atoms in total. The van der Waals surface area contributed by atoms with Gasteiger partial charge in [-0.25, -0.2) is 14.6 Å². The summed E-state index contributed by atoms with van der Waals surface area (Å²) in [7, 11) is -0.649. The van der Waals surface area contributed by atoms with Crippen molar-refractivity contribution in [3.8, 4) is 17.1 Å². The van der Waals surface area contributed by atoms with Gasteiger partial charge in [0, 0.05) is 65.2 Å². The maximum absolute atomic E-state index is 11.5. The molecule has 4 rings (SSSR count). The quantitative estimate of drug-likeness (QED) is 0.729. The Kier molecular flexibility index (Phi) is 4.08. The van der Waals surface area contributed by atoms with Crippen molar-refractivity contribution in [2.45, 2.75) is 0 Å². The molecule has 1 aliphatic heterocycles. The van der Waals surface area contributed by atoms with E-state index in [-0.39, 0.29) is 0 Å². The molecule has 1 aromatic carbocycles. The fourth-order valence-corrected chi connectivity index (χ4v) is 3.80. The van der Waals surface area contributed by atoms with E-state index in [4.69, 9.17) is 0 Å². The highest BCUT2D eigenvalue weighted by Gasteiger charge is 2.15. The predicted octanol–water partition coefficient (Wildman–Crippen LogP) is 1.90. The summed E-state index contributed by atoms with van der Waals surface area (Å²) in [6.45, 7) is 1.71. The molecule has 0 bridgehead atoms. The second kappa shape index (κ2) is 6.52. The first-order valence-electron chi connectivity index (χ1n) is 7.82. The van der Waals surface area contributed by atoms with E-state index in [9.17, 15) is 4.21 Å². The lowest BCUT2D eigenvalue weighted by Gasteiger charge is -2.28. The van der Waals surface area contributed by atoms with Crippen LogP contribution < -0.4 is 4.90 Å². The third-order valence-corrected chi connectivity index (χ3v) is 5.36. The zero-order valence-corrected chi connectivity index (χ0v) is 13.9. The first kappa shape index (κ1) is 15.0. The van der Waals surface area contributed by atoms with Crippen molar-refractivity contribution < 1.29 is 4.21 Å². The van der Waals surface area contributed by atoms with Gasteiger partial charge in [0.15, 0.2) is 0 Å². The molecule has 0 unspecified atom stereocenters. The van der Waals surface area contributed by atoms with Gasteiger partial charge in [-0.1, -0.05) is 12.1 Å². The van der Waals surface area contributed by atoms with Gasteiger partial charge < -0.3 is 4.90 Å². The van der Waals surface area contributed by atoms with Crippen LogP contribution in [0.25, 0.3) is 17.1 Å². The third-order valence-electron chi connectivity index (χ3n) is 4.08. The van der Waals surface area contributed by atoms with E-state index < -0.39 is 10.8 Å². The van der Waals surface area contributed by atoms with Crippen molar-refractivity contribution in [3.05, 3.63) is 55.1 Å². The lowest BCUT2D eigenvalue weighted by atomic mass is 10.1. The summed E-state index contributed by atoms with van der Waals surface area (Å²) in [5.41, 5.74) is 3.30. The van der Waals surface area contributed by atoms with Crippen molar-refractivity contribution in [2.75, 3.05) is 29.5 Å². The van der Waals surface area contributed by atoms with E-state index in [1.54, 1.807) is 23.1 Å². The standard InChI is InChI=1S/C17H17N5OS/c23-24-10-8-21(9-11-24)16-4-2-14(3-5-16)15-12-20-22(13-15)17-18-6-1-7-19-17/h1-7,12-13H,8-11H2. The monoisotopic (exact) mass is 339 g/mol. The summed E-state index contributed by atoms with van der Waals surface area (Å²) in [5, 5.41) is 4.33. The van der Waals surface area contributed by atoms with Crippen LogP contribution in [0.5, 0.6) is 0 Å². The molecule has 0 spiro atoms. The van der Waals surface area contributed by atoms with E-state index >= 15 is 0 Å². The number of anilines is 1. The molecule has 7 heteroatoms. The van der Waals surface area contributed by atoms with Crippen molar-refractivity contribution in [3.63, 3.8) is 0 Å². The minimum atomic E-state index is -0.649. The van der Waals surface area contributed by atoms with Gasteiger partial charge in [-0.05, 0) is 23.8 Å². The molecule has 122 valence electrons. The maximum atomic E-state index is 11.5.